The molecule has 1 fully saturated rings. The first-order chi connectivity index (χ1) is 9.85. The van der Waals surface area contributed by atoms with Crippen LogP contribution in [0.1, 0.15) is 63.6 Å². The van der Waals surface area contributed by atoms with Crippen molar-refractivity contribution < 1.29 is 4.74 Å². The predicted molar refractivity (Wildman–Crippen MR) is 80.8 cm³/mol. The number of nitrogens with zero attached hydrogens (tertiary/aromatic N) is 2. The lowest BCUT2D eigenvalue weighted by Gasteiger charge is -2.24. The first-order valence-electron chi connectivity index (χ1n) is 7.93. The highest BCUT2D eigenvalue weighted by molar-refractivity contribution is 5.21. The third kappa shape index (κ3) is 4.17. The molecule has 0 aromatic carbocycles. The van der Waals surface area contributed by atoms with Crippen LogP contribution < -0.4 is 10.1 Å². The molecule has 1 atom stereocenters. The van der Waals surface area contributed by atoms with Crippen molar-refractivity contribution in [1.29, 1.82) is 0 Å². The molecular formula is C16H27N3O. The number of ether oxygens (including phenoxy) is 1. The first-order valence-corrected chi connectivity index (χ1v) is 7.93. The van der Waals surface area contributed by atoms with Crippen LogP contribution >= 0.6 is 0 Å². The van der Waals surface area contributed by atoms with Crippen molar-refractivity contribution in [3.05, 3.63) is 18.1 Å². The maximum atomic E-state index is 5.35. The van der Waals surface area contributed by atoms with Gasteiger partial charge in [0.25, 0.3) is 0 Å². The minimum absolute atomic E-state index is 0.255. The highest BCUT2D eigenvalue weighted by Gasteiger charge is 2.20. The molecule has 1 aromatic rings. The third-order valence-electron chi connectivity index (χ3n) is 4.25. The summed E-state index contributed by atoms with van der Waals surface area (Å²) in [5.74, 6) is 1.55. The van der Waals surface area contributed by atoms with Crippen molar-refractivity contribution in [2.75, 3.05) is 13.7 Å². The van der Waals surface area contributed by atoms with Gasteiger partial charge in [-0.25, -0.2) is 4.98 Å². The average Bonchev–Trinajstić information content (AvgIpc) is 2.52. The Hall–Kier alpha value is -1.16. The fourth-order valence-corrected chi connectivity index (χ4v) is 3.19. The monoisotopic (exact) mass is 277 g/mol. The molecule has 0 radical (unpaired) electrons. The smallest absolute Gasteiger partial charge is 0.236 e. The van der Waals surface area contributed by atoms with Crippen LogP contribution in [0.5, 0.6) is 5.88 Å². The molecule has 4 heteroatoms. The normalized spacial score (nSPS) is 17.9. The van der Waals surface area contributed by atoms with Crippen LogP contribution in [0.2, 0.25) is 0 Å². The minimum Gasteiger partial charge on any atom is -0.480 e. The average molecular weight is 277 g/mol. The van der Waals surface area contributed by atoms with Crippen molar-refractivity contribution in [3.8, 4) is 5.88 Å². The molecule has 1 N–H and O–H groups in total. The Kier molecular flexibility index (Phi) is 6.25. The second kappa shape index (κ2) is 8.20. The summed E-state index contributed by atoms with van der Waals surface area (Å²) >= 11 is 0. The molecule has 0 amide bonds. The van der Waals surface area contributed by atoms with E-state index in [1.54, 1.807) is 19.5 Å². The van der Waals surface area contributed by atoms with Gasteiger partial charge in [-0.2, -0.15) is 0 Å². The molecule has 0 saturated heterocycles. The summed E-state index contributed by atoms with van der Waals surface area (Å²) < 4.78 is 5.35. The molecule has 2 rings (SSSR count). The molecule has 0 spiro atoms. The van der Waals surface area contributed by atoms with Crippen molar-refractivity contribution in [2.45, 2.75) is 57.9 Å². The zero-order chi connectivity index (χ0) is 14.2. The van der Waals surface area contributed by atoms with Crippen molar-refractivity contribution in [2.24, 2.45) is 5.92 Å². The summed E-state index contributed by atoms with van der Waals surface area (Å²) in [6.07, 6.45) is 12.9. The van der Waals surface area contributed by atoms with E-state index in [1.807, 2.05) is 0 Å². The molecule has 20 heavy (non-hydrogen) atoms. The van der Waals surface area contributed by atoms with Crippen LogP contribution in [0, 0.1) is 5.92 Å². The molecular weight excluding hydrogens is 250 g/mol. The fraction of sp³-hybridized carbons (Fsp3) is 0.750. The van der Waals surface area contributed by atoms with Gasteiger partial charge in [-0.05, 0) is 25.3 Å². The molecule has 0 bridgehead atoms. The van der Waals surface area contributed by atoms with Crippen molar-refractivity contribution in [3.63, 3.8) is 0 Å². The molecule has 1 aromatic heterocycles. The van der Waals surface area contributed by atoms with Gasteiger partial charge in [-0.15, -0.1) is 0 Å². The van der Waals surface area contributed by atoms with Gasteiger partial charge in [-0.1, -0.05) is 39.0 Å². The summed E-state index contributed by atoms with van der Waals surface area (Å²) in [4.78, 5) is 8.75. The highest BCUT2D eigenvalue weighted by atomic mass is 16.5. The van der Waals surface area contributed by atoms with Gasteiger partial charge in [0.2, 0.25) is 5.88 Å². The van der Waals surface area contributed by atoms with Crippen LogP contribution in [0.25, 0.3) is 0 Å². The Bertz CT molecular complexity index is 391. The van der Waals surface area contributed by atoms with Gasteiger partial charge in [-0.3, -0.25) is 4.98 Å². The predicted octanol–water partition coefficient (Wildman–Crippen LogP) is 3.50. The topological polar surface area (TPSA) is 47.0 Å². The Morgan fingerprint density at radius 3 is 2.70 bits per heavy atom. The van der Waals surface area contributed by atoms with Crippen LogP contribution in [0.4, 0.5) is 0 Å². The lowest BCUT2D eigenvalue weighted by atomic mass is 9.85. The number of hydrogen-bond donors (Lipinski definition) is 1. The van der Waals surface area contributed by atoms with E-state index in [9.17, 15) is 0 Å². The summed E-state index contributed by atoms with van der Waals surface area (Å²) in [5, 5.41) is 3.53. The van der Waals surface area contributed by atoms with E-state index in [4.69, 9.17) is 4.74 Å². The lowest BCUT2D eigenvalue weighted by Crippen LogP contribution is -2.24. The molecule has 1 aliphatic rings. The standard InChI is InChI=1S/C16H27N3O/c1-3-17-14(10-9-13-7-5-4-6-8-13)15-16(20-2)19-12-11-18-15/h11-14,17H,3-10H2,1-2H3. The van der Waals surface area contributed by atoms with E-state index < -0.39 is 0 Å². The highest BCUT2D eigenvalue weighted by Crippen LogP contribution is 2.31. The Balaban J connectivity index is 1.98. The Labute approximate surface area is 122 Å². The SMILES string of the molecule is CCNC(CCC1CCCCC1)c1nccnc1OC. The van der Waals surface area contributed by atoms with Crippen molar-refractivity contribution >= 4 is 0 Å². The summed E-state index contributed by atoms with van der Waals surface area (Å²) in [6.45, 7) is 3.07. The van der Waals surface area contributed by atoms with Crippen LogP contribution in [0.15, 0.2) is 12.4 Å². The number of nitrogens with one attached hydrogen (secondary N) is 1. The van der Waals surface area contributed by atoms with Crippen LogP contribution in [0.3, 0.4) is 0 Å². The second-order valence-corrected chi connectivity index (χ2v) is 5.64. The molecule has 112 valence electrons. The third-order valence-corrected chi connectivity index (χ3v) is 4.25. The molecule has 1 unspecified atom stereocenters. The van der Waals surface area contributed by atoms with E-state index in [2.05, 4.69) is 22.2 Å². The molecule has 1 saturated carbocycles. The van der Waals surface area contributed by atoms with E-state index in [0.717, 1.165) is 24.6 Å². The molecule has 1 heterocycles. The van der Waals surface area contributed by atoms with E-state index in [1.165, 1.54) is 38.5 Å². The number of rotatable bonds is 7. The van der Waals surface area contributed by atoms with Gasteiger partial charge in [0, 0.05) is 12.4 Å². The van der Waals surface area contributed by atoms with E-state index in [0.29, 0.717) is 5.88 Å². The van der Waals surface area contributed by atoms with Gasteiger partial charge in [0.15, 0.2) is 0 Å². The van der Waals surface area contributed by atoms with E-state index in [-0.39, 0.29) is 6.04 Å². The summed E-state index contributed by atoms with van der Waals surface area (Å²) in [5.41, 5.74) is 0.952. The zero-order valence-corrected chi connectivity index (χ0v) is 12.8. The quantitative estimate of drug-likeness (QED) is 0.828. The first kappa shape index (κ1) is 15.2. The minimum atomic E-state index is 0.255. The largest absolute Gasteiger partial charge is 0.480 e. The summed E-state index contributed by atoms with van der Waals surface area (Å²) in [6, 6.07) is 0.255. The Morgan fingerprint density at radius 1 is 1.25 bits per heavy atom. The maximum Gasteiger partial charge on any atom is 0.236 e. The lowest BCUT2D eigenvalue weighted by molar-refractivity contribution is 0.309. The van der Waals surface area contributed by atoms with Gasteiger partial charge >= 0.3 is 0 Å². The molecule has 1 aliphatic carbocycles. The van der Waals surface area contributed by atoms with Crippen LogP contribution in [-0.2, 0) is 0 Å². The molecule has 4 nitrogen and oxygen atoms in total. The molecule has 0 aliphatic heterocycles. The van der Waals surface area contributed by atoms with Crippen LogP contribution in [-0.4, -0.2) is 23.6 Å². The summed E-state index contributed by atoms with van der Waals surface area (Å²) in [7, 11) is 1.66. The number of aromatic nitrogens is 2. The zero-order valence-electron chi connectivity index (χ0n) is 12.8. The van der Waals surface area contributed by atoms with Gasteiger partial charge in [0.05, 0.1) is 13.2 Å². The Morgan fingerprint density at radius 2 is 2.00 bits per heavy atom. The second-order valence-electron chi connectivity index (χ2n) is 5.64. The number of methoxy groups -OCH3 is 1. The van der Waals surface area contributed by atoms with Gasteiger partial charge in [0.1, 0.15) is 5.69 Å². The fourth-order valence-electron chi connectivity index (χ4n) is 3.19. The van der Waals surface area contributed by atoms with Gasteiger partial charge < -0.3 is 10.1 Å². The maximum absolute atomic E-state index is 5.35. The van der Waals surface area contributed by atoms with E-state index >= 15 is 0 Å². The number of hydrogen-bond acceptors (Lipinski definition) is 4. The van der Waals surface area contributed by atoms with Crippen molar-refractivity contribution in [1.82, 2.24) is 15.3 Å².